The van der Waals surface area contributed by atoms with E-state index in [0.29, 0.717) is 36.1 Å². The fraction of sp³-hybridized carbons (Fsp3) is 0.136. The third-order valence-corrected chi connectivity index (χ3v) is 5.86. The Labute approximate surface area is 174 Å². The van der Waals surface area contributed by atoms with Crippen molar-refractivity contribution in [2.45, 2.75) is 11.8 Å². The standard InChI is InChI=1S/C22H20N2O5S/c1-15-4-2-6-18(12-15)24-30(26,27)19-7-3-5-16(13-19)22(25)23-17-8-9-20-21(14-17)29-11-10-28-20/h2-9,12-14,24H,10-11H2,1H3,(H,23,25). The second kappa shape index (κ2) is 8.08. The summed E-state index contributed by atoms with van der Waals surface area (Å²) < 4.78 is 39.0. The topological polar surface area (TPSA) is 93.7 Å². The number of hydrogen-bond acceptors (Lipinski definition) is 5. The highest BCUT2D eigenvalue weighted by Crippen LogP contribution is 2.32. The molecule has 154 valence electrons. The van der Waals surface area contributed by atoms with Gasteiger partial charge in [0.2, 0.25) is 0 Å². The van der Waals surface area contributed by atoms with Crippen molar-refractivity contribution in [3.05, 3.63) is 77.9 Å². The van der Waals surface area contributed by atoms with Crippen LogP contribution in [0.2, 0.25) is 0 Å². The molecule has 0 saturated carbocycles. The van der Waals surface area contributed by atoms with Gasteiger partial charge in [-0.2, -0.15) is 0 Å². The number of sulfonamides is 1. The maximum absolute atomic E-state index is 12.7. The molecule has 0 aliphatic carbocycles. The molecule has 8 heteroatoms. The van der Waals surface area contributed by atoms with Crippen molar-refractivity contribution < 1.29 is 22.7 Å². The summed E-state index contributed by atoms with van der Waals surface area (Å²) in [6, 6.07) is 18.0. The second-order valence-corrected chi connectivity index (χ2v) is 8.50. The number of fused-ring (bicyclic) bond motifs is 1. The second-order valence-electron chi connectivity index (χ2n) is 6.82. The minimum absolute atomic E-state index is 0.00108. The van der Waals surface area contributed by atoms with Crippen LogP contribution in [0.4, 0.5) is 11.4 Å². The first-order valence-electron chi connectivity index (χ1n) is 9.31. The van der Waals surface area contributed by atoms with E-state index in [4.69, 9.17) is 9.47 Å². The maximum atomic E-state index is 12.7. The number of carbonyl (C=O) groups is 1. The van der Waals surface area contributed by atoms with Gasteiger partial charge in [0, 0.05) is 23.0 Å². The first-order valence-corrected chi connectivity index (χ1v) is 10.8. The van der Waals surface area contributed by atoms with Crippen molar-refractivity contribution in [2.24, 2.45) is 0 Å². The summed E-state index contributed by atoms with van der Waals surface area (Å²) in [6.07, 6.45) is 0. The Hall–Kier alpha value is -3.52. The Morgan fingerprint density at radius 2 is 1.63 bits per heavy atom. The van der Waals surface area contributed by atoms with Gasteiger partial charge in [-0.05, 0) is 55.0 Å². The summed E-state index contributed by atoms with van der Waals surface area (Å²) in [5, 5.41) is 2.75. The first-order chi connectivity index (χ1) is 14.4. The maximum Gasteiger partial charge on any atom is 0.261 e. The molecule has 2 N–H and O–H groups in total. The molecule has 0 saturated heterocycles. The van der Waals surface area contributed by atoms with Crippen LogP contribution < -0.4 is 19.5 Å². The zero-order valence-electron chi connectivity index (χ0n) is 16.2. The molecular formula is C22H20N2O5S. The summed E-state index contributed by atoms with van der Waals surface area (Å²) in [5.74, 6) is 0.742. The van der Waals surface area contributed by atoms with Gasteiger partial charge in [0.1, 0.15) is 13.2 Å². The van der Waals surface area contributed by atoms with Crippen molar-refractivity contribution >= 4 is 27.3 Å². The zero-order valence-corrected chi connectivity index (χ0v) is 17.0. The Bertz CT molecular complexity index is 1210. The average Bonchev–Trinajstić information content (AvgIpc) is 2.73. The van der Waals surface area contributed by atoms with Gasteiger partial charge in [-0.3, -0.25) is 9.52 Å². The van der Waals surface area contributed by atoms with E-state index in [-0.39, 0.29) is 10.5 Å². The molecule has 0 aromatic heterocycles. The summed E-state index contributed by atoms with van der Waals surface area (Å²) >= 11 is 0. The van der Waals surface area contributed by atoms with E-state index in [1.165, 1.54) is 18.2 Å². The average molecular weight is 424 g/mol. The number of rotatable bonds is 5. The molecular weight excluding hydrogens is 404 g/mol. The normalized spacial score (nSPS) is 12.8. The molecule has 0 unspecified atom stereocenters. The Kier molecular flexibility index (Phi) is 5.33. The van der Waals surface area contributed by atoms with Gasteiger partial charge in [0.05, 0.1) is 4.90 Å². The van der Waals surface area contributed by atoms with E-state index >= 15 is 0 Å². The van der Waals surface area contributed by atoms with Gasteiger partial charge in [0.15, 0.2) is 11.5 Å². The van der Waals surface area contributed by atoms with Gasteiger partial charge in [-0.1, -0.05) is 18.2 Å². The number of aryl methyl sites for hydroxylation is 1. The van der Waals surface area contributed by atoms with Gasteiger partial charge in [0.25, 0.3) is 15.9 Å². The van der Waals surface area contributed by atoms with Crippen LogP contribution in [0, 0.1) is 6.92 Å². The van der Waals surface area contributed by atoms with Crippen LogP contribution in [0.25, 0.3) is 0 Å². The minimum Gasteiger partial charge on any atom is -0.486 e. The smallest absolute Gasteiger partial charge is 0.261 e. The third kappa shape index (κ3) is 4.38. The highest BCUT2D eigenvalue weighted by molar-refractivity contribution is 7.92. The monoisotopic (exact) mass is 424 g/mol. The summed E-state index contributed by atoms with van der Waals surface area (Å²) in [6.45, 7) is 2.80. The molecule has 1 heterocycles. The zero-order chi connectivity index (χ0) is 21.1. The number of hydrogen-bond donors (Lipinski definition) is 2. The first kappa shape index (κ1) is 19.8. The number of ether oxygens (including phenoxy) is 2. The fourth-order valence-corrected chi connectivity index (χ4v) is 4.15. The van der Waals surface area contributed by atoms with Crippen LogP contribution in [0.3, 0.4) is 0 Å². The van der Waals surface area contributed by atoms with E-state index < -0.39 is 15.9 Å². The van der Waals surface area contributed by atoms with Gasteiger partial charge in [-0.25, -0.2) is 8.42 Å². The molecule has 0 radical (unpaired) electrons. The highest BCUT2D eigenvalue weighted by Gasteiger charge is 2.18. The third-order valence-electron chi connectivity index (χ3n) is 4.48. The molecule has 7 nitrogen and oxygen atoms in total. The number of amides is 1. The number of nitrogens with one attached hydrogen (secondary N) is 2. The van der Waals surface area contributed by atoms with Crippen LogP contribution >= 0.6 is 0 Å². The van der Waals surface area contributed by atoms with Gasteiger partial charge < -0.3 is 14.8 Å². The van der Waals surface area contributed by atoms with E-state index in [2.05, 4.69) is 10.0 Å². The van der Waals surface area contributed by atoms with Crippen molar-refractivity contribution in [3.63, 3.8) is 0 Å². The molecule has 1 aliphatic heterocycles. The van der Waals surface area contributed by atoms with Crippen LogP contribution in [-0.2, 0) is 10.0 Å². The number of benzene rings is 3. The Morgan fingerprint density at radius 1 is 0.867 bits per heavy atom. The summed E-state index contributed by atoms with van der Waals surface area (Å²) in [5.41, 5.74) is 2.14. The highest BCUT2D eigenvalue weighted by atomic mass is 32.2. The minimum atomic E-state index is -3.84. The molecule has 0 bridgehead atoms. The Balaban J connectivity index is 1.53. The van der Waals surface area contributed by atoms with Gasteiger partial charge >= 0.3 is 0 Å². The molecule has 30 heavy (non-hydrogen) atoms. The summed E-state index contributed by atoms with van der Waals surface area (Å²) in [4.78, 5) is 12.7. The lowest BCUT2D eigenvalue weighted by Crippen LogP contribution is -2.17. The molecule has 1 amide bonds. The molecule has 0 spiro atoms. The molecule has 3 aromatic carbocycles. The molecule has 3 aromatic rings. The molecule has 4 rings (SSSR count). The number of anilines is 2. The van der Waals surface area contributed by atoms with Crippen molar-refractivity contribution in [1.82, 2.24) is 0 Å². The van der Waals surface area contributed by atoms with E-state index in [1.807, 2.05) is 13.0 Å². The van der Waals surface area contributed by atoms with Crippen molar-refractivity contribution in [3.8, 4) is 11.5 Å². The largest absolute Gasteiger partial charge is 0.486 e. The molecule has 0 fully saturated rings. The van der Waals surface area contributed by atoms with Crippen LogP contribution in [0.15, 0.2) is 71.6 Å². The lowest BCUT2D eigenvalue weighted by Gasteiger charge is -2.19. The van der Waals surface area contributed by atoms with Crippen LogP contribution in [0.5, 0.6) is 11.5 Å². The lowest BCUT2D eigenvalue weighted by atomic mass is 10.2. The molecule has 1 aliphatic rings. The molecule has 0 atom stereocenters. The summed E-state index contributed by atoms with van der Waals surface area (Å²) in [7, 11) is -3.84. The predicted octanol–water partition coefficient (Wildman–Crippen LogP) is 3.82. The van der Waals surface area contributed by atoms with Crippen LogP contribution in [-0.4, -0.2) is 27.5 Å². The SMILES string of the molecule is Cc1cccc(NS(=O)(=O)c2cccc(C(=O)Nc3ccc4c(c3)OCCO4)c2)c1. The quantitative estimate of drug-likeness (QED) is 0.649. The van der Waals surface area contributed by atoms with Crippen LogP contribution in [0.1, 0.15) is 15.9 Å². The fourth-order valence-electron chi connectivity index (χ4n) is 3.05. The van der Waals surface area contributed by atoms with E-state index in [0.717, 1.165) is 5.56 Å². The predicted molar refractivity (Wildman–Crippen MR) is 114 cm³/mol. The number of carbonyl (C=O) groups excluding carboxylic acids is 1. The van der Waals surface area contributed by atoms with Gasteiger partial charge in [-0.15, -0.1) is 0 Å². The van der Waals surface area contributed by atoms with E-state index in [1.54, 1.807) is 42.5 Å². The van der Waals surface area contributed by atoms with Crippen molar-refractivity contribution in [1.29, 1.82) is 0 Å². The van der Waals surface area contributed by atoms with E-state index in [9.17, 15) is 13.2 Å². The Morgan fingerprint density at radius 3 is 2.43 bits per heavy atom. The lowest BCUT2D eigenvalue weighted by molar-refractivity contribution is 0.102. The van der Waals surface area contributed by atoms with Crippen molar-refractivity contribution in [2.75, 3.05) is 23.3 Å².